The van der Waals surface area contributed by atoms with Crippen molar-refractivity contribution in [2.75, 3.05) is 37.6 Å². The SMILES string of the molecule is CC(C)(C)c1cc(C(=O)N2CCN(c3ccc(C(=O)NCC(F)(F)F)cc3)CC2)cc(-c2cncc(O)c2)c1. The van der Waals surface area contributed by atoms with Gasteiger partial charge in [-0.3, -0.25) is 14.6 Å². The van der Waals surface area contributed by atoms with Gasteiger partial charge in [0.25, 0.3) is 11.8 Å². The van der Waals surface area contributed by atoms with E-state index in [1.165, 1.54) is 18.3 Å². The highest BCUT2D eigenvalue weighted by atomic mass is 19.4. The second kappa shape index (κ2) is 11.0. The van der Waals surface area contributed by atoms with E-state index in [0.29, 0.717) is 31.7 Å². The maximum atomic E-state index is 13.5. The molecule has 0 spiro atoms. The number of halogens is 3. The number of pyridine rings is 1. The van der Waals surface area contributed by atoms with Crippen molar-refractivity contribution in [2.24, 2.45) is 0 Å². The van der Waals surface area contributed by atoms with E-state index in [1.54, 1.807) is 29.3 Å². The number of amides is 2. The number of nitrogens with zero attached hydrogens (tertiary/aromatic N) is 3. The number of anilines is 1. The van der Waals surface area contributed by atoms with Crippen LogP contribution in [-0.4, -0.2) is 65.7 Å². The van der Waals surface area contributed by atoms with Gasteiger partial charge in [0.15, 0.2) is 0 Å². The van der Waals surface area contributed by atoms with Gasteiger partial charge in [0.05, 0.1) is 6.20 Å². The predicted molar refractivity (Wildman–Crippen MR) is 143 cm³/mol. The number of carbonyl (C=O) groups is 2. The number of carbonyl (C=O) groups excluding carboxylic acids is 2. The number of nitrogens with one attached hydrogen (secondary N) is 1. The molecule has 206 valence electrons. The van der Waals surface area contributed by atoms with E-state index >= 15 is 0 Å². The van der Waals surface area contributed by atoms with Gasteiger partial charge in [0, 0.05) is 54.8 Å². The van der Waals surface area contributed by atoms with Crippen molar-refractivity contribution in [3.8, 4) is 16.9 Å². The third kappa shape index (κ3) is 7.07. The zero-order valence-electron chi connectivity index (χ0n) is 22.0. The van der Waals surface area contributed by atoms with Gasteiger partial charge in [-0.25, -0.2) is 0 Å². The van der Waals surface area contributed by atoms with E-state index in [9.17, 15) is 27.9 Å². The molecule has 2 aromatic carbocycles. The molecule has 0 saturated carbocycles. The predicted octanol–water partition coefficient (Wildman–Crippen LogP) is 5.01. The van der Waals surface area contributed by atoms with Crippen LogP contribution in [0, 0.1) is 0 Å². The fourth-order valence-corrected chi connectivity index (χ4v) is 4.39. The molecule has 4 rings (SSSR count). The molecule has 2 amide bonds. The van der Waals surface area contributed by atoms with Gasteiger partial charge in [-0.15, -0.1) is 0 Å². The number of benzene rings is 2. The average Bonchev–Trinajstić information content (AvgIpc) is 2.90. The van der Waals surface area contributed by atoms with Crippen molar-refractivity contribution in [1.82, 2.24) is 15.2 Å². The Morgan fingerprint density at radius 3 is 2.15 bits per heavy atom. The normalized spacial score (nSPS) is 14.3. The van der Waals surface area contributed by atoms with Gasteiger partial charge >= 0.3 is 6.18 Å². The second-order valence-electron chi connectivity index (χ2n) is 10.6. The van der Waals surface area contributed by atoms with Gasteiger partial charge in [0.2, 0.25) is 0 Å². The van der Waals surface area contributed by atoms with Crippen LogP contribution in [-0.2, 0) is 5.41 Å². The Bertz CT molecular complexity index is 1340. The summed E-state index contributed by atoms with van der Waals surface area (Å²) in [5.41, 5.74) is 3.83. The number of hydrogen-bond donors (Lipinski definition) is 2. The number of rotatable bonds is 5. The summed E-state index contributed by atoms with van der Waals surface area (Å²) in [5.74, 6) is -0.827. The van der Waals surface area contributed by atoms with Crippen LogP contribution in [0.3, 0.4) is 0 Å². The van der Waals surface area contributed by atoms with E-state index in [1.807, 2.05) is 23.5 Å². The number of aromatic nitrogens is 1. The number of alkyl halides is 3. The first kappa shape index (κ1) is 27.9. The van der Waals surface area contributed by atoms with Crippen LogP contribution < -0.4 is 10.2 Å². The minimum Gasteiger partial charge on any atom is -0.506 e. The third-order valence-corrected chi connectivity index (χ3v) is 6.61. The standard InChI is InChI=1S/C29H31F3N4O3/c1-28(2,3)23-13-20(22-15-25(37)17-33-16-22)12-21(14-23)27(39)36-10-8-35(9-11-36)24-6-4-19(5-7-24)26(38)34-18-29(30,31)32/h4-7,12-17,37H,8-11,18H2,1-3H3,(H,34,38). The van der Waals surface area contributed by atoms with Crippen LogP contribution in [0.5, 0.6) is 5.75 Å². The number of piperazine rings is 1. The lowest BCUT2D eigenvalue weighted by atomic mass is 9.84. The van der Waals surface area contributed by atoms with E-state index < -0.39 is 18.6 Å². The lowest BCUT2D eigenvalue weighted by molar-refractivity contribution is -0.123. The molecule has 0 bridgehead atoms. The van der Waals surface area contributed by atoms with Crippen LogP contribution in [0.1, 0.15) is 47.1 Å². The molecule has 0 atom stereocenters. The Labute approximate surface area is 225 Å². The minimum absolute atomic E-state index is 0.0487. The van der Waals surface area contributed by atoms with E-state index in [-0.39, 0.29) is 22.6 Å². The summed E-state index contributed by atoms with van der Waals surface area (Å²) in [5, 5.41) is 11.8. The van der Waals surface area contributed by atoms with Crippen molar-refractivity contribution in [1.29, 1.82) is 0 Å². The van der Waals surface area contributed by atoms with Gasteiger partial charge in [0.1, 0.15) is 12.3 Å². The van der Waals surface area contributed by atoms with Crippen molar-refractivity contribution >= 4 is 17.5 Å². The molecule has 7 nitrogen and oxygen atoms in total. The summed E-state index contributed by atoms with van der Waals surface area (Å²) in [7, 11) is 0. The maximum Gasteiger partial charge on any atom is 0.405 e. The smallest absolute Gasteiger partial charge is 0.405 e. The van der Waals surface area contributed by atoms with Crippen molar-refractivity contribution in [2.45, 2.75) is 32.4 Å². The van der Waals surface area contributed by atoms with Crippen molar-refractivity contribution in [3.05, 3.63) is 77.6 Å². The third-order valence-electron chi connectivity index (χ3n) is 6.61. The molecule has 3 aromatic rings. The van der Waals surface area contributed by atoms with Crippen molar-refractivity contribution in [3.63, 3.8) is 0 Å². The lowest BCUT2D eigenvalue weighted by Gasteiger charge is -2.36. The first-order valence-corrected chi connectivity index (χ1v) is 12.6. The summed E-state index contributed by atoms with van der Waals surface area (Å²) in [4.78, 5) is 33.4. The number of hydrogen-bond acceptors (Lipinski definition) is 5. The van der Waals surface area contributed by atoms with Crippen LogP contribution >= 0.6 is 0 Å². The van der Waals surface area contributed by atoms with Crippen LogP contribution in [0.25, 0.3) is 11.1 Å². The van der Waals surface area contributed by atoms with Crippen LogP contribution in [0.15, 0.2) is 60.9 Å². The molecule has 1 aromatic heterocycles. The molecule has 1 saturated heterocycles. The maximum absolute atomic E-state index is 13.5. The van der Waals surface area contributed by atoms with E-state index in [4.69, 9.17) is 0 Å². The zero-order valence-corrected chi connectivity index (χ0v) is 22.0. The molecule has 39 heavy (non-hydrogen) atoms. The van der Waals surface area contributed by atoms with E-state index in [2.05, 4.69) is 30.7 Å². The van der Waals surface area contributed by atoms with Gasteiger partial charge in [-0.2, -0.15) is 13.2 Å². The summed E-state index contributed by atoms with van der Waals surface area (Å²) in [6.07, 6.45) is -1.46. The summed E-state index contributed by atoms with van der Waals surface area (Å²) in [6, 6.07) is 13.7. The molecule has 1 aliphatic rings. The molecule has 0 aliphatic carbocycles. The molecule has 0 unspecified atom stereocenters. The summed E-state index contributed by atoms with van der Waals surface area (Å²) in [6.45, 7) is 6.93. The fraction of sp³-hybridized carbons (Fsp3) is 0.345. The first-order valence-electron chi connectivity index (χ1n) is 12.6. The molecular formula is C29H31F3N4O3. The highest BCUT2D eigenvalue weighted by molar-refractivity contribution is 5.96. The molecular weight excluding hydrogens is 509 g/mol. The Morgan fingerprint density at radius 1 is 0.897 bits per heavy atom. The second-order valence-corrected chi connectivity index (χ2v) is 10.6. The zero-order chi connectivity index (χ0) is 28.4. The Hall–Kier alpha value is -4.08. The molecule has 1 fully saturated rings. The summed E-state index contributed by atoms with van der Waals surface area (Å²) < 4.78 is 37.1. The monoisotopic (exact) mass is 540 g/mol. The average molecular weight is 541 g/mol. The minimum atomic E-state index is -4.47. The Kier molecular flexibility index (Phi) is 7.85. The van der Waals surface area contributed by atoms with Gasteiger partial charge in [-0.05, 0) is 59.0 Å². The highest BCUT2D eigenvalue weighted by Gasteiger charge is 2.28. The van der Waals surface area contributed by atoms with E-state index in [0.717, 1.165) is 22.4 Å². The lowest BCUT2D eigenvalue weighted by Crippen LogP contribution is -2.48. The Morgan fingerprint density at radius 2 is 1.56 bits per heavy atom. The molecule has 0 radical (unpaired) electrons. The summed E-state index contributed by atoms with van der Waals surface area (Å²) >= 11 is 0. The quantitative estimate of drug-likeness (QED) is 0.476. The van der Waals surface area contributed by atoms with Crippen molar-refractivity contribution < 1.29 is 27.9 Å². The topological polar surface area (TPSA) is 85.8 Å². The molecule has 1 aliphatic heterocycles. The van der Waals surface area contributed by atoms with Crippen LogP contribution in [0.4, 0.5) is 18.9 Å². The fourth-order valence-electron chi connectivity index (χ4n) is 4.39. The van der Waals surface area contributed by atoms with Crippen LogP contribution in [0.2, 0.25) is 0 Å². The Balaban J connectivity index is 1.45. The largest absolute Gasteiger partial charge is 0.506 e. The molecule has 10 heteroatoms. The van der Waals surface area contributed by atoms with Gasteiger partial charge in [-0.1, -0.05) is 26.8 Å². The molecule has 2 N–H and O–H groups in total. The molecule has 2 heterocycles. The van der Waals surface area contributed by atoms with Gasteiger partial charge < -0.3 is 20.2 Å². The first-order chi connectivity index (χ1) is 18.3. The highest BCUT2D eigenvalue weighted by Crippen LogP contribution is 2.31. The number of aromatic hydroxyl groups is 1.